The van der Waals surface area contributed by atoms with E-state index in [0.717, 1.165) is 17.8 Å². The van der Waals surface area contributed by atoms with Crippen LogP contribution in [-0.4, -0.2) is 20.0 Å². The van der Waals surface area contributed by atoms with Crippen molar-refractivity contribution in [1.29, 1.82) is 5.26 Å². The first-order valence-corrected chi connectivity index (χ1v) is 5.60. The summed E-state index contributed by atoms with van der Waals surface area (Å²) in [7, 11) is 0. The topological polar surface area (TPSA) is 76.6 Å². The smallest absolute Gasteiger partial charge is 0.257 e. The van der Waals surface area contributed by atoms with E-state index >= 15 is 0 Å². The second kappa shape index (κ2) is 4.84. The molecule has 6 nitrogen and oxygen atoms in total. The normalized spacial score (nSPS) is 10.1. The molecule has 0 radical (unpaired) electrons. The third kappa shape index (κ3) is 2.15. The van der Waals surface area contributed by atoms with Crippen LogP contribution >= 0.6 is 0 Å². The second-order valence-corrected chi connectivity index (χ2v) is 3.84. The minimum Gasteiger partial charge on any atom is -0.433 e. The molecule has 0 amide bonds. The highest BCUT2D eigenvalue weighted by Gasteiger charge is 2.13. The van der Waals surface area contributed by atoms with Gasteiger partial charge in [0.15, 0.2) is 5.75 Å². The number of nitrogens with zero attached hydrogens (tertiary/aromatic N) is 5. The van der Waals surface area contributed by atoms with Gasteiger partial charge >= 0.3 is 0 Å². The van der Waals surface area contributed by atoms with Crippen molar-refractivity contribution in [1.82, 2.24) is 20.0 Å². The zero-order chi connectivity index (χ0) is 13.1. The van der Waals surface area contributed by atoms with Crippen molar-refractivity contribution in [2.24, 2.45) is 0 Å². The Morgan fingerprint density at radius 1 is 1.39 bits per heavy atom. The monoisotopic (exact) mass is 243 g/mol. The minimum atomic E-state index is 0.219. The van der Waals surface area contributed by atoms with E-state index in [2.05, 4.69) is 21.4 Å². The molecule has 6 heteroatoms. The van der Waals surface area contributed by atoms with Crippen LogP contribution in [0.4, 0.5) is 0 Å². The van der Waals surface area contributed by atoms with Gasteiger partial charge in [-0.05, 0) is 26.3 Å². The molecule has 0 saturated heterocycles. The molecule has 0 spiro atoms. The predicted molar refractivity (Wildman–Crippen MR) is 64.2 cm³/mol. The summed E-state index contributed by atoms with van der Waals surface area (Å²) in [6.45, 7) is 6.37. The molecular weight excluding hydrogens is 230 g/mol. The molecule has 18 heavy (non-hydrogen) atoms. The molecule has 0 unspecified atom stereocenters. The Hall–Kier alpha value is -2.42. The maximum absolute atomic E-state index is 9.13. The Labute approximate surface area is 105 Å². The second-order valence-electron chi connectivity index (χ2n) is 3.84. The van der Waals surface area contributed by atoms with E-state index in [9.17, 15) is 0 Å². The van der Waals surface area contributed by atoms with Crippen molar-refractivity contribution in [2.75, 3.05) is 0 Å². The fourth-order valence-electron chi connectivity index (χ4n) is 1.47. The van der Waals surface area contributed by atoms with Crippen LogP contribution in [-0.2, 0) is 6.54 Å². The van der Waals surface area contributed by atoms with Gasteiger partial charge in [0, 0.05) is 6.54 Å². The van der Waals surface area contributed by atoms with Crippen LogP contribution in [0.15, 0.2) is 12.4 Å². The van der Waals surface area contributed by atoms with Crippen LogP contribution < -0.4 is 4.74 Å². The molecule has 0 aliphatic carbocycles. The van der Waals surface area contributed by atoms with Crippen molar-refractivity contribution in [3.05, 3.63) is 29.2 Å². The van der Waals surface area contributed by atoms with Gasteiger partial charge in [-0.3, -0.25) is 4.68 Å². The van der Waals surface area contributed by atoms with Crippen molar-refractivity contribution < 1.29 is 4.74 Å². The fraction of sp³-hybridized carbons (Fsp3) is 0.333. The van der Waals surface area contributed by atoms with E-state index in [4.69, 9.17) is 10.00 Å². The largest absolute Gasteiger partial charge is 0.433 e. The number of aryl methyl sites for hydroxylation is 2. The lowest BCUT2D eigenvalue weighted by molar-refractivity contribution is 0.450. The van der Waals surface area contributed by atoms with Crippen LogP contribution in [0.5, 0.6) is 11.6 Å². The van der Waals surface area contributed by atoms with Gasteiger partial charge in [0.2, 0.25) is 0 Å². The summed E-state index contributed by atoms with van der Waals surface area (Å²) in [4.78, 5) is 0. The molecule has 2 aromatic heterocycles. The van der Waals surface area contributed by atoms with Gasteiger partial charge in [-0.2, -0.15) is 15.5 Å². The predicted octanol–water partition coefficient (Wildman–Crippen LogP) is 1.97. The SMILES string of the molecule is CCn1cc(Oc2nnc(C)c(C)c2C#N)cn1. The lowest BCUT2D eigenvalue weighted by atomic mass is 10.1. The highest BCUT2D eigenvalue weighted by atomic mass is 16.5. The first kappa shape index (κ1) is 12.0. The van der Waals surface area contributed by atoms with Gasteiger partial charge in [-0.15, -0.1) is 5.10 Å². The standard InChI is InChI=1S/C12H13N5O/c1-4-17-7-10(6-14-17)18-12-11(5-13)8(2)9(3)15-16-12/h6-7H,4H2,1-3H3. The van der Waals surface area contributed by atoms with Crippen LogP contribution in [0.2, 0.25) is 0 Å². The summed E-state index contributed by atoms with van der Waals surface area (Å²) in [6.07, 6.45) is 3.33. The fourth-order valence-corrected chi connectivity index (χ4v) is 1.47. The van der Waals surface area contributed by atoms with Crippen LogP contribution in [0, 0.1) is 25.2 Å². The number of rotatable bonds is 3. The summed E-state index contributed by atoms with van der Waals surface area (Å²) in [5, 5.41) is 21.1. The number of ether oxygens (including phenoxy) is 1. The van der Waals surface area contributed by atoms with Gasteiger partial charge in [-0.25, -0.2) is 0 Å². The average molecular weight is 243 g/mol. The van der Waals surface area contributed by atoms with Gasteiger partial charge in [-0.1, -0.05) is 0 Å². The summed E-state index contributed by atoms with van der Waals surface area (Å²) in [6, 6.07) is 2.09. The number of hydrogen-bond donors (Lipinski definition) is 0. The Morgan fingerprint density at radius 2 is 2.17 bits per heavy atom. The minimum absolute atomic E-state index is 0.219. The lowest BCUT2D eigenvalue weighted by Gasteiger charge is -2.06. The summed E-state index contributed by atoms with van der Waals surface area (Å²) in [5.74, 6) is 0.766. The number of aromatic nitrogens is 4. The Kier molecular flexibility index (Phi) is 3.24. The third-order valence-corrected chi connectivity index (χ3v) is 2.68. The molecule has 0 N–H and O–H groups in total. The van der Waals surface area contributed by atoms with Gasteiger partial charge in [0.1, 0.15) is 11.6 Å². The number of hydrogen-bond acceptors (Lipinski definition) is 5. The molecule has 0 aliphatic rings. The van der Waals surface area contributed by atoms with Crippen molar-refractivity contribution in [2.45, 2.75) is 27.3 Å². The maximum atomic E-state index is 9.13. The maximum Gasteiger partial charge on any atom is 0.257 e. The molecule has 0 saturated carbocycles. The highest BCUT2D eigenvalue weighted by Crippen LogP contribution is 2.24. The third-order valence-electron chi connectivity index (χ3n) is 2.68. The molecular formula is C12H13N5O. The van der Waals surface area contributed by atoms with Crippen LogP contribution in [0.25, 0.3) is 0 Å². The van der Waals surface area contributed by atoms with E-state index in [1.165, 1.54) is 0 Å². The van der Waals surface area contributed by atoms with E-state index in [-0.39, 0.29) is 5.88 Å². The zero-order valence-corrected chi connectivity index (χ0v) is 10.5. The van der Waals surface area contributed by atoms with Crippen molar-refractivity contribution in [3.8, 4) is 17.7 Å². The van der Waals surface area contributed by atoms with E-state index in [0.29, 0.717) is 11.3 Å². The lowest BCUT2D eigenvalue weighted by Crippen LogP contribution is -2.00. The first-order chi connectivity index (χ1) is 8.65. The van der Waals surface area contributed by atoms with Gasteiger partial charge in [0.25, 0.3) is 5.88 Å². The van der Waals surface area contributed by atoms with E-state index < -0.39 is 0 Å². The summed E-state index contributed by atoms with van der Waals surface area (Å²) >= 11 is 0. The van der Waals surface area contributed by atoms with E-state index in [1.54, 1.807) is 17.1 Å². The van der Waals surface area contributed by atoms with Gasteiger partial charge in [0.05, 0.1) is 18.1 Å². The Morgan fingerprint density at radius 3 is 2.78 bits per heavy atom. The van der Waals surface area contributed by atoms with Crippen molar-refractivity contribution in [3.63, 3.8) is 0 Å². The molecule has 0 aromatic carbocycles. The van der Waals surface area contributed by atoms with E-state index in [1.807, 2.05) is 20.8 Å². The molecule has 0 atom stereocenters. The van der Waals surface area contributed by atoms with Gasteiger partial charge < -0.3 is 4.74 Å². The quantitative estimate of drug-likeness (QED) is 0.823. The zero-order valence-electron chi connectivity index (χ0n) is 10.5. The molecule has 0 bridgehead atoms. The molecule has 92 valence electrons. The number of nitriles is 1. The first-order valence-electron chi connectivity index (χ1n) is 5.60. The highest BCUT2D eigenvalue weighted by molar-refractivity contribution is 5.46. The van der Waals surface area contributed by atoms with Crippen LogP contribution in [0.1, 0.15) is 23.7 Å². The molecule has 0 fully saturated rings. The Balaban J connectivity index is 2.35. The Bertz CT molecular complexity index is 611. The average Bonchev–Trinajstić information content (AvgIpc) is 2.82. The van der Waals surface area contributed by atoms with Crippen molar-refractivity contribution >= 4 is 0 Å². The molecule has 0 aliphatic heterocycles. The van der Waals surface area contributed by atoms with Crippen LogP contribution in [0.3, 0.4) is 0 Å². The molecule has 2 aromatic rings. The molecule has 2 heterocycles. The summed E-state index contributed by atoms with van der Waals surface area (Å²) in [5.41, 5.74) is 1.92. The molecule has 2 rings (SSSR count). The summed E-state index contributed by atoms with van der Waals surface area (Å²) < 4.78 is 7.27.